The summed E-state index contributed by atoms with van der Waals surface area (Å²) in [6.07, 6.45) is 4.10. The molecular weight excluding hydrogens is 473 g/mol. The van der Waals surface area contributed by atoms with Crippen molar-refractivity contribution in [2.45, 2.75) is 57.3 Å². The van der Waals surface area contributed by atoms with Gasteiger partial charge in [-0.1, -0.05) is 62.4 Å². The molecule has 7 nitrogen and oxygen atoms in total. The fraction of sp³-hybridized carbons (Fsp3) is 0.385. The number of amides is 1. The molecule has 1 N–H and O–H groups in total. The van der Waals surface area contributed by atoms with Crippen LogP contribution in [0.4, 0.5) is 19.0 Å². The first-order valence-electron chi connectivity index (χ1n) is 11.9. The van der Waals surface area contributed by atoms with Crippen LogP contribution in [0.3, 0.4) is 0 Å². The number of alkyl halides is 3. The number of halogens is 3. The first-order valence-corrected chi connectivity index (χ1v) is 11.9. The van der Waals surface area contributed by atoms with Crippen molar-refractivity contribution in [2.75, 3.05) is 5.32 Å². The quantitative estimate of drug-likeness (QED) is 0.395. The average molecular weight is 501 g/mol. The summed E-state index contributed by atoms with van der Waals surface area (Å²) in [5.41, 5.74) is 0.0208. The Hall–Kier alpha value is -3.69. The molecule has 1 atom stereocenters. The molecule has 1 aliphatic carbocycles. The molecule has 0 aliphatic heterocycles. The molecule has 0 bridgehead atoms. The van der Waals surface area contributed by atoms with Crippen molar-refractivity contribution >= 4 is 17.7 Å². The molecule has 1 aliphatic rings. The van der Waals surface area contributed by atoms with Gasteiger partial charge in [0.15, 0.2) is 5.69 Å². The highest BCUT2D eigenvalue weighted by molar-refractivity contribution is 5.94. The van der Waals surface area contributed by atoms with Gasteiger partial charge in [0.25, 0.3) is 0 Å². The zero-order valence-electron chi connectivity index (χ0n) is 19.6. The molecule has 1 amide bonds. The molecule has 1 aromatic carbocycles. The van der Waals surface area contributed by atoms with E-state index in [2.05, 4.69) is 15.3 Å². The van der Waals surface area contributed by atoms with E-state index in [0.717, 1.165) is 50.2 Å². The number of nitrogens with zero attached hydrogens (tertiary/aromatic N) is 3. The van der Waals surface area contributed by atoms with Gasteiger partial charge in [-0.25, -0.2) is 14.8 Å². The van der Waals surface area contributed by atoms with Crippen molar-refractivity contribution in [3.63, 3.8) is 0 Å². The predicted octanol–water partition coefficient (Wildman–Crippen LogP) is 5.80. The summed E-state index contributed by atoms with van der Waals surface area (Å²) in [5.74, 6) is -0.624. The van der Waals surface area contributed by atoms with E-state index < -0.39 is 29.8 Å². The first kappa shape index (κ1) is 25.4. The van der Waals surface area contributed by atoms with Crippen molar-refractivity contribution in [3.8, 4) is 0 Å². The van der Waals surface area contributed by atoms with Gasteiger partial charge in [-0.05, 0) is 30.0 Å². The molecule has 190 valence electrons. The van der Waals surface area contributed by atoms with Crippen LogP contribution in [0.25, 0.3) is 0 Å². The van der Waals surface area contributed by atoms with E-state index in [1.54, 1.807) is 0 Å². The van der Waals surface area contributed by atoms with E-state index in [-0.39, 0.29) is 23.9 Å². The number of carbonyl (C=O) groups excluding carboxylic acids is 2. The number of hydrogen-bond acceptors (Lipinski definition) is 5. The standard InChI is InChI=1S/C26H27F3N4O3/c27-26(28,29)22-15-33(17-31-22)21(13-18-7-3-1-4-8-18)24(34)32-23-12-11-20(14-30-23)25(35)36-16-19-9-5-2-6-10-19/h2,5-6,9-12,14-15,17-18,21H,1,3-4,7-8,13,16H2,(H,30,32,34)/t21-/m0/s1. The molecule has 0 radical (unpaired) electrons. The zero-order valence-corrected chi connectivity index (χ0v) is 19.6. The third-order valence-electron chi connectivity index (χ3n) is 6.30. The molecule has 1 saturated carbocycles. The summed E-state index contributed by atoms with van der Waals surface area (Å²) in [5, 5.41) is 2.67. The molecule has 10 heteroatoms. The lowest BCUT2D eigenvalue weighted by Crippen LogP contribution is -2.28. The minimum Gasteiger partial charge on any atom is -0.457 e. The van der Waals surface area contributed by atoms with Crippen LogP contribution in [0.1, 0.15) is 66.2 Å². The van der Waals surface area contributed by atoms with Crippen LogP contribution in [0.15, 0.2) is 61.2 Å². The molecule has 0 spiro atoms. The Balaban J connectivity index is 1.42. The number of aromatic nitrogens is 3. The Morgan fingerprint density at radius 2 is 1.81 bits per heavy atom. The number of nitrogens with one attached hydrogen (secondary N) is 1. The van der Waals surface area contributed by atoms with E-state index in [1.807, 2.05) is 30.3 Å². The van der Waals surface area contributed by atoms with Gasteiger partial charge in [-0.3, -0.25) is 4.79 Å². The highest BCUT2D eigenvalue weighted by atomic mass is 19.4. The van der Waals surface area contributed by atoms with Gasteiger partial charge < -0.3 is 14.6 Å². The Labute approximate surface area is 206 Å². The maximum atomic E-state index is 13.2. The summed E-state index contributed by atoms with van der Waals surface area (Å²) < 4.78 is 45.8. The van der Waals surface area contributed by atoms with Gasteiger partial charge in [-0.15, -0.1) is 0 Å². The zero-order chi connectivity index (χ0) is 25.5. The molecule has 36 heavy (non-hydrogen) atoms. The predicted molar refractivity (Wildman–Crippen MR) is 126 cm³/mol. The SMILES string of the molecule is O=C(OCc1ccccc1)c1ccc(NC(=O)[C@H](CC2CCCCC2)n2cnc(C(F)(F)F)c2)nc1. The lowest BCUT2D eigenvalue weighted by molar-refractivity contribution is -0.141. The normalized spacial score (nSPS) is 15.3. The number of rotatable bonds is 8. The second-order valence-corrected chi connectivity index (χ2v) is 8.94. The van der Waals surface area contributed by atoms with Crippen LogP contribution in [0.2, 0.25) is 0 Å². The molecule has 4 rings (SSSR count). The van der Waals surface area contributed by atoms with E-state index in [4.69, 9.17) is 4.74 Å². The minimum absolute atomic E-state index is 0.117. The van der Waals surface area contributed by atoms with Gasteiger partial charge >= 0.3 is 12.1 Å². The summed E-state index contributed by atoms with van der Waals surface area (Å²) in [6.45, 7) is 0.117. The number of esters is 1. The molecular formula is C26H27F3N4O3. The molecule has 2 aromatic heterocycles. The number of imidazole rings is 1. The van der Waals surface area contributed by atoms with Crippen LogP contribution in [-0.4, -0.2) is 26.4 Å². The van der Waals surface area contributed by atoms with Crippen LogP contribution >= 0.6 is 0 Å². The second-order valence-electron chi connectivity index (χ2n) is 8.94. The maximum Gasteiger partial charge on any atom is 0.434 e. The monoisotopic (exact) mass is 500 g/mol. The lowest BCUT2D eigenvalue weighted by Gasteiger charge is -2.26. The molecule has 1 fully saturated rings. The van der Waals surface area contributed by atoms with Gasteiger partial charge in [0, 0.05) is 12.4 Å². The molecule has 0 saturated heterocycles. The molecule has 3 aromatic rings. The highest BCUT2D eigenvalue weighted by Crippen LogP contribution is 2.33. The number of anilines is 1. The largest absolute Gasteiger partial charge is 0.457 e. The smallest absolute Gasteiger partial charge is 0.434 e. The van der Waals surface area contributed by atoms with E-state index >= 15 is 0 Å². The Morgan fingerprint density at radius 1 is 1.06 bits per heavy atom. The number of benzene rings is 1. The van der Waals surface area contributed by atoms with Crippen molar-refractivity contribution in [1.29, 1.82) is 0 Å². The van der Waals surface area contributed by atoms with Gasteiger partial charge in [0.1, 0.15) is 18.5 Å². The Bertz CT molecular complexity index is 1160. The first-order chi connectivity index (χ1) is 17.3. The summed E-state index contributed by atoms with van der Waals surface area (Å²) in [6, 6.07) is 11.3. The summed E-state index contributed by atoms with van der Waals surface area (Å²) in [4.78, 5) is 33.0. The van der Waals surface area contributed by atoms with Gasteiger partial charge in [0.05, 0.1) is 11.9 Å². The van der Waals surface area contributed by atoms with E-state index in [1.165, 1.54) is 22.9 Å². The van der Waals surface area contributed by atoms with Crippen molar-refractivity contribution < 1.29 is 27.5 Å². The third kappa shape index (κ3) is 6.71. The molecule has 0 unspecified atom stereocenters. The minimum atomic E-state index is -4.59. The summed E-state index contributed by atoms with van der Waals surface area (Å²) in [7, 11) is 0. The fourth-order valence-corrected chi connectivity index (χ4v) is 4.36. The average Bonchev–Trinajstić information content (AvgIpc) is 3.38. The van der Waals surface area contributed by atoms with Crippen molar-refractivity contribution in [2.24, 2.45) is 5.92 Å². The number of carbonyl (C=O) groups is 2. The maximum absolute atomic E-state index is 13.2. The van der Waals surface area contributed by atoms with Crippen molar-refractivity contribution in [3.05, 3.63) is 78.0 Å². The van der Waals surface area contributed by atoms with E-state index in [9.17, 15) is 22.8 Å². The third-order valence-corrected chi connectivity index (χ3v) is 6.30. The highest BCUT2D eigenvalue weighted by Gasteiger charge is 2.35. The fourth-order valence-electron chi connectivity index (χ4n) is 4.36. The molecule has 2 heterocycles. The summed E-state index contributed by atoms with van der Waals surface area (Å²) >= 11 is 0. The lowest BCUT2D eigenvalue weighted by atomic mass is 9.84. The number of pyridine rings is 1. The van der Waals surface area contributed by atoms with Gasteiger partial charge in [-0.2, -0.15) is 13.2 Å². The van der Waals surface area contributed by atoms with Crippen LogP contribution in [-0.2, 0) is 22.3 Å². The second kappa shape index (κ2) is 11.4. The number of hydrogen-bond donors (Lipinski definition) is 1. The van der Waals surface area contributed by atoms with E-state index in [0.29, 0.717) is 6.42 Å². The van der Waals surface area contributed by atoms with Crippen LogP contribution < -0.4 is 5.32 Å². The van der Waals surface area contributed by atoms with Crippen molar-refractivity contribution in [1.82, 2.24) is 14.5 Å². The van der Waals surface area contributed by atoms with Gasteiger partial charge in [0.2, 0.25) is 5.91 Å². The number of ether oxygens (including phenoxy) is 1. The van der Waals surface area contributed by atoms with Crippen LogP contribution in [0, 0.1) is 5.92 Å². The topological polar surface area (TPSA) is 86.1 Å². The Morgan fingerprint density at radius 3 is 2.44 bits per heavy atom. The van der Waals surface area contributed by atoms with Crippen LogP contribution in [0.5, 0.6) is 0 Å². The Kier molecular flexibility index (Phi) is 8.02.